The Kier molecular flexibility index (Phi) is 4.08. The van der Waals surface area contributed by atoms with Gasteiger partial charge in [0.2, 0.25) is 0 Å². The van der Waals surface area contributed by atoms with Gasteiger partial charge in [0.25, 0.3) is 0 Å². The molecule has 4 aliphatic rings. The minimum atomic E-state index is 0.273. The predicted molar refractivity (Wildman–Crippen MR) is 113 cm³/mol. The van der Waals surface area contributed by atoms with Gasteiger partial charge in [-0.05, 0) is 96.3 Å². The zero-order chi connectivity index (χ0) is 19.5. The Hall–Kier alpha value is -1.90. The highest BCUT2D eigenvalue weighted by Crippen LogP contribution is 2.67. The molecule has 0 radical (unpaired) electrons. The van der Waals surface area contributed by atoms with Crippen molar-refractivity contribution in [2.24, 2.45) is 39.7 Å². The number of hydrogen-bond acceptors (Lipinski definition) is 3. The van der Waals surface area contributed by atoms with Gasteiger partial charge in [-0.1, -0.05) is 43.6 Å². The van der Waals surface area contributed by atoms with Crippen LogP contribution in [0.2, 0.25) is 0 Å². The first-order valence-corrected chi connectivity index (χ1v) is 11.0. The van der Waals surface area contributed by atoms with Gasteiger partial charge >= 0.3 is 0 Å². The molecule has 148 valence electrons. The predicted octanol–water partition coefficient (Wildman–Crippen LogP) is 6.11. The van der Waals surface area contributed by atoms with Crippen LogP contribution < -0.4 is 0 Å². The van der Waals surface area contributed by atoms with Crippen LogP contribution in [0.4, 0.5) is 0 Å². The van der Waals surface area contributed by atoms with Crippen LogP contribution in [0.15, 0.2) is 47.4 Å². The molecule has 0 aliphatic heterocycles. The average molecular weight is 377 g/mol. The van der Waals surface area contributed by atoms with Gasteiger partial charge in [0.15, 0.2) is 0 Å². The lowest BCUT2D eigenvalue weighted by Crippen LogP contribution is -2.51. The molecule has 1 N–H and O–H groups in total. The SMILES string of the molecule is CC1C[C@@H]2[C@H](CC[C@]3(C)C(c4cccnc4)=CC[C@@H]23)[C@@]2(C)CCC(=NO)C=C12. The van der Waals surface area contributed by atoms with E-state index in [4.69, 9.17) is 0 Å². The molecule has 0 saturated heterocycles. The summed E-state index contributed by atoms with van der Waals surface area (Å²) in [7, 11) is 0. The first-order chi connectivity index (χ1) is 13.5. The second kappa shape index (κ2) is 6.30. The van der Waals surface area contributed by atoms with E-state index in [0.717, 1.165) is 36.3 Å². The fraction of sp³-hybridized carbons (Fsp3) is 0.600. The molecule has 0 amide bonds. The number of allylic oxidation sites excluding steroid dienone is 4. The Morgan fingerprint density at radius 2 is 2.04 bits per heavy atom. The van der Waals surface area contributed by atoms with Crippen molar-refractivity contribution >= 4 is 11.3 Å². The number of pyridine rings is 1. The Balaban J connectivity index is 1.50. The van der Waals surface area contributed by atoms with Crippen molar-refractivity contribution in [3.05, 3.63) is 47.8 Å². The number of nitrogens with zero attached hydrogens (tertiary/aromatic N) is 2. The molecule has 0 aromatic carbocycles. The topological polar surface area (TPSA) is 45.5 Å². The zero-order valence-electron chi connectivity index (χ0n) is 17.4. The molecule has 0 bridgehead atoms. The summed E-state index contributed by atoms with van der Waals surface area (Å²) in [6, 6.07) is 4.31. The van der Waals surface area contributed by atoms with Crippen molar-refractivity contribution < 1.29 is 5.21 Å². The van der Waals surface area contributed by atoms with Crippen molar-refractivity contribution in [3.63, 3.8) is 0 Å². The van der Waals surface area contributed by atoms with Gasteiger partial charge in [-0.15, -0.1) is 0 Å². The van der Waals surface area contributed by atoms with Gasteiger partial charge < -0.3 is 5.21 Å². The molecule has 1 aromatic heterocycles. The summed E-state index contributed by atoms with van der Waals surface area (Å²) in [5.74, 6) is 2.87. The lowest BCUT2D eigenvalue weighted by molar-refractivity contribution is -0.0319. The molecule has 28 heavy (non-hydrogen) atoms. The Morgan fingerprint density at radius 1 is 1.18 bits per heavy atom. The maximum atomic E-state index is 9.31. The third-order valence-electron chi connectivity index (χ3n) is 8.98. The molecule has 3 nitrogen and oxygen atoms in total. The van der Waals surface area contributed by atoms with E-state index >= 15 is 0 Å². The van der Waals surface area contributed by atoms with Crippen molar-refractivity contribution in [3.8, 4) is 0 Å². The summed E-state index contributed by atoms with van der Waals surface area (Å²) in [5, 5.41) is 12.9. The quantitative estimate of drug-likeness (QED) is 0.474. The lowest BCUT2D eigenvalue weighted by Gasteiger charge is -2.59. The molecule has 2 fully saturated rings. The van der Waals surface area contributed by atoms with Gasteiger partial charge in [0.05, 0.1) is 5.71 Å². The summed E-state index contributed by atoms with van der Waals surface area (Å²) in [6.07, 6.45) is 15.8. The van der Waals surface area contributed by atoms with Crippen molar-refractivity contribution in [2.45, 2.75) is 59.3 Å². The first-order valence-electron chi connectivity index (χ1n) is 11.0. The van der Waals surface area contributed by atoms with E-state index in [1.807, 2.05) is 12.4 Å². The second-order valence-electron chi connectivity index (χ2n) is 10.2. The minimum Gasteiger partial charge on any atom is -0.411 e. The van der Waals surface area contributed by atoms with Crippen molar-refractivity contribution in [1.29, 1.82) is 0 Å². The fourth-order valence-electron chi connectivity index (χ4n) is 7.61. The second-order valence-corrected chi connectivity index (χ2v) is 10.2. The Morgan fingerprint density at radius 3 is 2.79 bits per heavy atom. The molecular weight excluding hydrogens is 344 g/mol. The lowest BCUT2D eigenvalue weighted by atomic mass is 9.45. The number of rotatable bonds is 1. The summed E-state index contributed by atoms with van der Waals surface area (Å²) in [6.45, 7) is 7.43. The molecule has 0 spiro atoms. The number of aromatic nitrogens is 1. The van der Waals surface area contributed by atoms with E-state index in [1.165, 1.54) is 31.2 Å². The summed E-state index contributed by atoms with van der Waals surface area (Å²) in [5.41, 5.74) is 5.85. The van der Waals surface area contributed by atoms with E-state index in [9.17, 15) is 5.21 Å². The minimum absolute atomic E-state index is 0.273. The molecule has 2 saturated carbocycles. The van der Waals surface area contributed by atoms with Crippen LogP contribution in [0, 0.1) is 34.5 Å². The van der Waals surface area contributed by atoms with Crippen LogP contribution in [-0.4, -0.2) is 15.9 Å². The molecule has 4 aliphatic carbocycles. The van der Waals surface area contributed by atoms with Crippen LogP contribution in [0.5, 0.6) is 0 Å². The van der Waals surface area contributed by atoms with Gasteiger partial charge in [-0.25, -0.2) is 0 Å². The molecule has 1 aromatic rings. The van der Waals surface area contributed by atoms with E-state index in [0.29, 0.717) is 5.92 Å². The average Bonchev–Trinajstić information content (AvgIpc) is 3.06. The van der Waals surface area contributed by atoms with E-state index in [-0.39, 0.29) is 10.8 Å². The molecular formula is C25H32N2O. The van der Waals surface area contributed by atoms with Crippen LogP contribution >= 0.6 is 0 Å². The normalized spacial score (nSPS) is 43.6. The Labute approximate surface area is 168 Å². The molecule has 1 heterocycles. The Bertz CT molecular complexity index is 870. The van der Waals surface area contributed by atoms with Gasteiger partial charge in [0.1, 0.15) is 0 Å². The summed E-state index contributed by atoms with van der Waals surface area (Å²) < 4.78 is 0. The molecule has 1 unspecified atom stereocenters. The number of hydrogen-bond donors (Lipinski definition) is 1. The van der Waals surface area contributed by atoms with Crippen molar-refractivity contribution in [1.82, 2.24) is 4.98 Å². The maximum absolute atomic E-state index is 9.31. The van der Waals surface area contributed by atoms with Crippen LogP contribution in [-0.2, 0) is 0 Å². The third-order valence-corrected chi connectivity index (χ3v) is 8.98. The van der Waals surface area contributed by atoms with Crippen LogP contribution in [0.1, 0.15) is 64.9 Å². The van der Waals surface area contributed by atoms with Gasteiger partial charge in [-0.2, -0.15) is 0 Å². The largest absolute Gasteiger partial charge is 0.411 e. The maximum Gasteiger partial charge on any atom is 0.0795 e. The summed E-state index contributed by atoms with van der Waals surface area (Å²) >= 11 is 0. The third kappa shape index (κ3) is 2.41. The molecule has 6 atom stereocenters. The van der Waals surface area contributed by atoms with Crippen LogP contribution in [0.3, 0.4) is 0 Å². The standard InChI is InChI=1S/C25H32N2O/c1-16-13-19-21-7-6-20(17-5-4-12-26-15-17)24(21,2)11-9-22(19)25(3)10-8-18(27-28)14-23(16)25/h4-6,12,14-16,19,21-22,28H,7-11,13H2,1-3H3/t16?,19-,21-,22-,24+,25+/m0/s1. The van der Waals surface area contributed by atoms with Gasteiger partial charge in [-0.3, -0.25) is 4.98 Å². The van der Waals surface area contributed by atoms with Crippen LogP contribution in [0.25, 0.3) is 5.57 Å². The summed E-state index contributed by atoms with van der Waals surface area (Å²) in [4.78, 5) is 4.39. The monoisotopic (exact) mass is 376 g/mol. The first kappa shape index (κ1) is 18.1. The zero-order valence-corrected chi connectivity index (χ0v) is 17.4. The number of oxime groups is 1. The highest BCUT2D eigenvalue weighted by molar-refractivity contribution is 5.96. The van der Waals surface area contributed by atoms with E-state index in [1.54, 1.807) is 11.1 Å². The van der Waals surface area contributed by atoms with E-state index in [2.05, 4.69) is 55.2 Å². The highest BCUT2D eigenvalue weighted by atomic mass is 16.4. The number of fused-ring (bicyclic) bond motifs is 5. The molecule has 5 rings (SSSR count). The fourth-order valence-corrected chi connectivity index (χ4v) is 7.61. The van der Waals surface area contributed by atoms with E-state index < -0.39 is 0 Å². The smallest absolute Gasteiger partial charge is 0.0795 e. The molecule has 3 heteroatoms. The van der Waals surface area contributed by atoms with Gasteiger partial charge in [0, 0.05) is 12.4 Å². The van der Waals surface area contributed by atoms with Crippen molar-refractivity contribution in [2.75, 3.05) is 0 Å². The highest BCUT2D eigenvalue weighted by Gasteiger charge is 2.58.